The van der Waals surface area contributed by atoms with Gasteiger partial charge in [0.1, 0.15) is 0 Å². The van der Waals surface area contributed by atoms with E-state index in [0.717, 1.165) is 11.2 Å². The Morgan fingerprint density at radius 2 is 2.27 bits per heavy atom. The molecule has 0 aliphatic rings. The van der Waals surface area contributed by atoms with Gasteiger partial charge in [0.15, 0.2) is 0 Å². The maximum absolute atomic E-state index is 3.58. The number of thiophene rings is 1. The van der Waals surface area contributed by atoms with Gasteiger partial charge in [0, 0.05) is 22.8 Å². The van der Waals surface area contributed by atoms with Crippen molar-refractivity contribution in [1.82, 2.24) is 4.90 Å². The SMILES string of the molecule is CCC(CBr)CN(C)C(C)c1cccs1. The lowest BCUT2D eigenvalue weighted by Gasteiger charge is -2.27. The van der Waals surface area contributed by atoms with E-state index in [2.05, 4.69) is 59.2 Å². The second kappa shape index (κ2) is 6.66. The van der Waals surface area contributed by atoms with Crippen molar-refractivity contribution in [1.29, 1.82) is 0 Å². The van der Waals surface area contributed by atoms with Gasteiger partial charge < -0.3 is 0 Å². The summed E-state index contributed by atoms with van der Waals surface area (Å²) in [4.78, 5) is 3.91. The van der Waals surface area contributed by atoms with Crippen LogP contribution in [0, 0.1) is 5.92 Å². The molecule has 0 N–H and O–H groups in total. The summed E-state index contributed by atoms with van der Waals surface area (Å²) in [5.41, 5.74) is 0. The standard InChI is InChI=1S/C12H20BrNS/c1-4-11(8-13)9-14(3)10(2)12-6-5-7-15-12/h5-7,10-11H,4,8-9H2,1-3H3. The van der Waals surface area contributed by atoms with Crippen molar-refractivity contribution < 1.29 is 0 Å². The van der Waals surface area contributed by atoms with Crippen LogP contribution in [0.4, 0.5) is 0 Å². The van der Waals surface area contributed by atoms with Crippen molar-refractivity contribution in [2.45, 2.75) is 26.3 Å². The first-order valence-corrected chi connectivity index (χ1v) is 7.48. The van der Waals surface area contributed by atoms with Gasteiger partial charge >= 0.3 is 0 Å². The quantitative estimate of drug-likeness (QED) is 0.711. The minimum atomic E-state index is 0.540. The molecule has 86 valence electrons. The molecule has 0 aliphatic heterocycles. The van der Waals surface area contributed by atoms with Crippen LogP contribution in [0.3, 0.4) is 0 Å². The van der Waals surface area contributed by atoms with Crippen LogP contribution in [0.25, 0.3) is 0 Å². The van der Waals surface area contributed by atoms with Crippen molar-refractivity contribution >= 4 is 27.3 Å². The first-order chi connectivity index (χ1) is 7.19. The van der Waals surface area contributed by atoms with Crippen molar-refractivity contribution in [2.75, 3.05) is 18.9 Å². The highest BCUT2D eigenvalue weighted by Gasteiger charge is 2.15. The van der Waals surface area contributed by atoms with E-state index >= 15 is 0 Å². The molecule has 1 heterocycles. The summed E-state index contributed by atoms with van der Waals surface area (Å²) >= 11 is 5.43. The summed E-state index contributed by atoms with van der Waals surface area (Å²) in [6, 6.07) is 4.89. The molecular formula is C12H20BrNS. The predicted octanol–water partition coefficient (Wildman–Crippen LogP) is 4.16. The maximum Gasteiger partial charge on any atom is 0.0410 e. The number of hydrogen-bond acceptors (Lipinski definition) is 2. The lowest BCUT2D eigenvalue weighted by atomic mass is 10.1. The van der Waals surface area contributed by atoms with Crippen LogP contribution >= 0.6 is 27.3 Å². The third kappa shape index (κ3) is 3.89. The van der Waals surface area contributed by atoms with Gasteiger partial charge in [-0.2, -0.15) is 0 Å². The molecule has 3 heteroatoms. The molecule has 2 atom stereocenters. The van der Waals surface area contributed by atoms with Crippen LogP contribution in [0.15, 0.2) is 17.5 Å². The summed E-state index contributed by atoms with van der Waals surface area (Å²) < 4.78 is 0. The Morgan fingerprint density at radius 1 is 1.53 bits per heavy atom. The second-order valence-electron chi connectivity index (χ2n) is 4.06. The van der Waals surface area contributed by atoms with Gasteiger partial charge in [0.2, 0.25) is 0 Å². The highest BCUT2D eigenvalue weighted by molar-refractivity contribution is 9.09. The summed E-state index contributed by atoms with van der Waals surface area (Å²) in [6.45, 7) is 5.71. The Bertz CT molecular complexity index is 257. The van der Waals surface area contributed by atoms with E-state index < -0.39 is 0 Å². The van der Waals surface area contributed by atoms with Crippen LogP contribution in [-0.4, -0.2) is 23.8 Å². The van der Waals surface area contributed by atoms with E-state index in [-0.39, 0.29) is 0 Å². The van der Waals surface area contributed by atoms with Crippen LogP contribution < -0.4 is 0 Å². The van der Waals surface area contributed by atoms with E-state index in [4.69, 9.17) is 0 Å². The van der Waals surface area contributed by atoms with Crippen molar-refractivity contribution in [3.05, 3.63) is 22.4 Å². The Morgan fingerprint density at radius 3 is 2.73 bits per heavy atom. The average Bonchev–Trinajstić information content (AvgIpc) is 2.77. The molecule has 0 fully saturated rings. The van der Waals surface area contributed by atoms with Gasteiger partial charge in [-0.1, -0.05) is 35.3 Å². The summed E-state index contributed by atoms with van der Waals surface area (Å²) in [6.07, 6.45) is 1.24. The zero-order chi connectivity index (χ0) is 11.3. The van der Waals surface area contributed by atoms with E-state index in [9.17, 15) is 0 Å². The first kappa shape index (κ1) is 13.2. The molecule has 0 spiro atoms. The molecule has 1 rings (SSSR count). The first-order valence-electron chi connectivity index (χ1n) is 5.48. The fraction of sp³-hybridized carbons (Fsp3) is 0.667. The van der Waals surface area contributed by atoms with Gasteiger partial charge in [-0.15, -0.1) is 11.3 Å². The second-order valence-corrected chi connectivity index (χ2v) is 5.69. The number of nitrogens with zero attached hydrogens (tertiary/aromatic N) is 1. The van der Waals surface area contributed by atoms with Crippen molar-refractivity contribution in [3.63, 3.8) is 0 Å². The van der Waals surface area contributed by atoms with Gasteiger partial charge in [0.05, 0.1) is 0 Å². The van der Waals surface area contributed by atoms with E-state index in [1.807, 2.05) is 11.3 Å². The van der Waals surface area contributed by atoms with E-state index in [0.29, 0.717) is 6.04 Å². The Hall–Kier alpha value is 0.140. The zero-order valence-electron chi connectivity index (χ0n) is 9.74. The molecule has 0 aliphatic carbocycles. The number of alkyl halides is 1. The lowest BCUT2D eigenvalue weighted by Crippen LogP contribution is -2.28. The van der Waals surface area contributed by atoms with Gasteiger partial charge in [0.25, 0.3) is 0 Å². The molecule has 2 unspecified atom stereocenters. The van der Waals surface area contributed by atoms with Crippen LogP contribution in [0.5, 0.6) is 0 Å². The Balaban J connectivity index is 2.49. The molecule has 0 radical (unpaired) electrons. The number of rotatable bonds is 6. The summed E-state index contributed by atoms with van der Waals surface area (Å²) in [5, 5.41) is 3.26. The molecule has 15 heavy (non-hydrogen) atoms. The van der Waals surface area contributed by atoms with Gasteiger partial charge in [-0.3, -0.25) is 4.90 Å². The summed E-state index contributed by atoms with van der Waals surface area (Å²) in [5.74, 6) is 0.761. The molecule has 1 aromatic rings. The molecular weight excluding hydrogens is 270 g/mol. The molecule has 1 aromatic heterocycles. The third-order valence-electron chi connectivity index (χ3n) is 2.96. The number of halogens is 1. The minimum Gasteiger partial charge on any atom is -0.299 e. The van der Waals surface area contributed by atoms with Crippen molar-refractivity contribution in [3.8, 4) is 0 Å². The Kier molecular flexibility index (Phi) is 5.87. The zero-order valence-corrected chi connectivity index (χ0v) is 12.1. The topological polar surface area (TPSA) is 3.24 Å². The Labute approximate surface area is 106 Å². The maximum atomic E-state index is 3.58. The predicted molar refractivity (Wildman–Crippen MR) is 72.9 cm³/mol. The molecule has 0 aromatic carbocycles. The minimum absolute atomic E-state index is 0.540. The molecule has 0 saturated heterocycles. The highest BCUT2D eigenvalue weighted by atomic mass is 79.9. The summed E-state index contributed by atoms with van der Waals surface area (Å²) in [7, 11) is 2.22. The molecule has 0 saturated carbocycles. The van der Waals surface area contributed by atoms with E-state index in [1.54, 1.807) is 0 Å². The van der Waals surface area contributed by atoms with Gasteiger partial charge in [-0.25, -0.2) is 0 Å². The largest absolute Gasteiger partial charge is 0.299 e. The number of hydrogen-bond donors (Lipinski definition) is 0. The van der Waals surface area contributed by atoms with Gasteiger partial charge in [-0.05, 0) is 31.3 Å². The van der Waals surface area contributed by atoms with Crippen LogP contribution in [0.1, 0.15) is 31.2 Å². The fourth-order valence-corrected chi connectivity index (χ4v) is 3.11. The smallest absolute Gasteiger partial charge is 0.0410 e. The monoisotopic (exact) mass is 289 g/mol. The highest BCUT2D eigenvalue weighted by Crippen LogP contribution is 2.24. The van der Waals surface area contributed by atoms with Crippen molar-refractivity contribution in [2.24, 2.45) is 5.92 Å². The molecule has 0 bridgehead atoms. The normalized spacial score (nSPS) is 15.5. The molecule has 1 nitrogen and oxygen atoms in total. The lowest BCUT2D eigenvalue weighted by molar-refractivity contribution is 0.229. The van der Waals surface area contributed by atoms with Crippen LogP contribution in [0.2, 0.25) is 0 Å². The fourth-order valence-electron chi connectivity index (χ4n) is 1.60. The molecule has 0 amide bonds. The third-order valence-corrected chi connectivity index (χ3v) is 4.92. The van der Waals surface area contributed by atoms with Crippen LogP contribution in [-0.2, 0) is 0 Å². The average molecular weight is 290 g/mol. The van der Waals surface area contributed by atoms with E-state index in [1.165, 1.54) is 17.8 Å².